The average molecular weight is 319 g/mol. The summed E-state index contributed by atoms with van der Waals surface area (Å²) in [6, 6.07) is 0. The van der Waals surface area contributed by atoms with Crippen LogP contribution in [0.15, 0.2) is 9.27 Å². The summed E-state index contributed by atoms with van der Waals surface area (Å²) in [6.45, 7) is 6.67. The summed E-state index contributed by atoms with van der Waals surface area (Å²) in [7, 11) is 1.57. The molecule has 0 spiro atoms. The maximum Gasteiger partial charge on any atom is 0.265 e. The zero-order chi connectivity index (χ0) is 13.8. The fourth-order valence-electron chi connectivity index (χ4n) is 1.64. The van der Waals surface area contributed by atoms with Crippen LogP contribution >= 0.6 is 15.9 Å². The summed E-state index contributed by atoms with van der Waals surface area (Å²) >= 11 is 3.22. The summed E-state index contributed by atoms with van der Waals surface area (Å²) in [5.74, 6) is 0.534. The molecule has 0 aliphatic heterocycles. The van der Waals surface area contributed by atoms with Gasteiger partial charge in [-0.2, -0.15) is 0 Å². The number of methoxy groups -OCH3 is 1. The third-order valence-electron chi connectivity index (χ3n) is 2.85. The molecule has 6 heteroatoms. The van der Waals surface area contributed by atoms with Gasteiger partial charge in [0.2, 0.25) is 0 Å². The highest BCUT2D eigenvalue weighted by Crippen LogP contribution is 2.26. The van der Waals surface area contributed by atoms with Gasteiger partial charge in [-0.15, -0.1) is 0 Å². The van der Waals surface area contributed by atoms with E-state index in [1.807, 2.05) is 20.8 Å². The van der Waals surface area contributed by atoms with E-state index in [1.165, 1.54) is 0 Å². The highest BCUT2D eigenvalue weighted by atomic mass is 79.9. The van der Waals surface area contributed by atoms with Gasteiger partial charge in [0, 0.05) is 13.7 Å². The fraction of sp³-hybridized carbons (Fsp3) is 0.667. The Bertz CT molecular complexity index is 461. The molecule has 1 rings (SSSR count). The number of nitrogens with zero attached hydrogens (tertiary/aromatic N) is 1. The topological polar surface area (TPSA) is 64.2 Å². The number of ether oxygens (including phenoxy) is 2. The summed E-state index contributed by atoms with van der Waals surface area (Å²) in [5, 5.41) is 0. The third-order valence-corrected chi connectivity index (χ3v) is 3.67. The standard InChI is InChI=1S/C12H19BrN2O3/c1-5-12(3,18-6-2)11-14-8(7-17-4)9(13)10(16)15-11/h5-7H2,1-4H3,(H,14,15,16). The Labute approximate surface area is 115 Å². The molecule has 0 amide bonds. The van der Waals surface area contributed by atoms with Gasteiger partial charge in [0.25, 0.3) is 5.56 Å². The first kappa shape index (κ1) is 15.3. The minimum Gasteiger partial charge on any atom is -0.378 e. The van der Waals surface area contributed by atoms with Gasteiger partial charge in [0.15, 0.2) is 0 Å². The molecule has 0 aromatic carbocycles. The molecule has 102 valence electrons. The van der Waals surface area contributed by atoms with Gasteiger partial charge in [-0.3, -0.25) is 4.79 Å². The first-order valence-corrected chi connectivity index (χ1v) is 6.69. The summed E-state index contributed by atoms with van der Waals surface area (Å²) < 4.78 is 11.1. The smallest absolute Gasteiger partial charge is 0.265 e. The van der Waals surface area contributed by atoms with Crippen molar-refractivity contribution in [2.24, 2.45) is 0 Å². The van der Waals surface area contributed by atoms with Crippen molar-refractivity contribution in [1.82, 2.24) is 9.97 Å². The molecule has 0 saturated heterocycles. The molecule has 1 atom stereocenters. The number of nitrogens with one attached hydrogen (secondary N) is 1. The molecule has 18 heavy (non-hydrogen) atoms. The van der Waals surface area contributed by atoms with Crippen molar-refractivity contribution in [3.8, 4) is 0 Å². The van der Waals surface area contributed by atoms with Crippen LogP contribution in [0.4, 0.5) is 0 Å². The zero-order valence-electron chi connectivity index (χ0n) is 11.2. The van der Waals surface area contributed by atoms with Crippen LogP contribution < -0.4 is 5.56 Å². The van der Waals surface area contributed by atoms with Crippen molar-refractivity contribution in [3.05, 3.63) is 26.3 Å². The number of aromatic nitrogens is 2. The van der Waals surface area contributed by atoms with Gasteiger partial charge < -0.3 is 14.5 Å². The predicted octanol–water partition coefficient (Wildman–Crippen LogP) is 2.34. The van der Waals surface area contributed by atoms with Crippen LogP contribution in [0.1, 0.15) is 38.7 Å². The molecule has 1 unspecified atom stereocenters. The van der Waals surface area contributed by atoms with Crippen LogP contribution in [0.3, 0.4) is 0 Å². The fourth-order valence-corrected chi connectivity index (χ4v) is 1.95. The number of rotatable bonds is 6. The Morgan fingerprint density at radius 1 is 1.44 bits per heavy atom. The lowest BCUT2D eigenvalue weighted by Crippen LogP contribution is -2.31. The van der Waals surface area contributed by atoms with Crippen LogP contribution in [0.5, 0.6) is 0 Å². The Kier molecular flexibility index (Phi) is 5.49. The first-order valence-electron chi connectivity index (χ1n) is 5.90. The number of aromatic amines is 1. The van der Waals surface area contributed by atoms with Crippen LogP contribution in [0, 0.1) is 0 Å². The van der Waals surface area contributed by atoms with Crippen molar-refractivity contribution >= 4 is 15.9 Å². The Morgan fingerprint density at radius 3 is 2.61 bits per heavy atom. The Balaban J connectivity index is 3.28. The van der Waals surface area contributed by atoms with E-state index in [-0.39, 0.29) is 12.2 Å². The summed E-state index contributed by atoms with van der Waals surface area (Å²) in [5.41, 5.74) is -0.223. The predicted molar refractivity (Wildman–Crippen MR) is 72.5 cm³/mol. The van der Waals surface area contributed by atoms with E-state index in [2.05, 4.69) is 25.9 Å². The lowest BCUT2D eigenvalue weighted by molar-refractivity contribution is -0.0395. The van der Waals surface area contributed by atoms with E-state index in [0.717, 1.165) is 6.42 Å². The molecule has 1 heterocycles. The number of hydrogen-bond acceptors (Lipinski definition) is 4. The van der Waals surface area contributed by atoms with E-state index >= 15 is 0 Å². The molecule has 1 N–H and O–H groups in total. The molecule has 1 aromatic heterocycles. The van der Waals surface area contributed by atoms with Crippen molar-refractivity contribution < 1.29 is 9.47 Å². The number of hydrogen-bond donors (Lipinski definition) is 1. The van der Waals surface area contributed by atoms with E-state index in [0.29, 0.717) is 22.6 Å². The first-order chi connectivity index (χ1) is 8.48. The summed E-state index contributed by atoms with van der Waals surface area (Å²) in [6.07, 6.45) is 0.720. The third kappa shape index (κ3) is 3.18. The largest absolute Gasteiger partial charge is 0.378 e. The van der Waals surface area contributed by atoms with Crippen molar-refractivity contribution in [2.45, 2.75) is 39.4 Å². The Hall–Kier alpha value is -0.720. The second-order valence-corrected chi connectivity index (χ2v) is 4.92. The normalized spacial score (nSPS) is 14.5. The van der Waals surface area contributed by atoms with Crippen molar-refractivity contribution in [1.29, 1.82) is 0 Å². The molecule has 5 nitrogen and oxygen atoms in total. The van der Waals surface area contributed by atoms with Gasteiger partial charge in [0.05, 0.1) is 12.3 Å². The second kappa shape index (κ2) is 6.45. The lowest BCUT2D eigenvalue weighted by Gasteiger charge is -2.27. The maximum atomic E-state index is 11.8. The maximum absolute atomic E-state index is 11.8. The quantitative estimate of drug-likeness (QED) is 0.874. The molecule has 0 aliphatic carbocycles. The number of H-pyrrole nitrogens is 1. The SMILES string of the molecule is CCOC(C)(CC)c1nc(COC)c(Br)c(=O)[nH]1. The van der Waals surface area contributed by atoms with Crippen LogP contribution in [0.25, 0.3) is 0 Å². The molecule has 0 fully saturated rings. The van der Waals surface area contributed by atoms with Crippen LogP contribution in [-0.2, 0) is 21.7 Å². The van der Waals surface area contributed by atoms with Gasteiger partial charge >= 0.3 is 0 Å². The van der Waals surface area contributed by atoms with Gasteiger partial charge in [0.1, 0.15) is 15.9 Å². The van der Waals surface area contributed by atoms with E-state index in [1.54, 1.807) is 7.11 Å². The minimum atomic E-state index is -0.586. The van der Waals surface area contributed by atoms with Gasteiger partial charge in [-0.05, 0) is 36.2 Å². The van der Waals surface area contributed by atoms with Crippen LogP contribution in [0.2, 0.25) is 0 Å². The van der Waals surface area contributed by atoms with Gasteiger partial charge in [-0.1, -0.05) is 6.92 Å². The van der Waals surface area contributed by atoms with Crippen LogP contribution in [-0.4, -0.2) is 23.7 Å². The van der Waals surface area contributed by atoms with Crippen molar-refractivity contribution in [3.63, 3.8) is 0 Å². The molecule has 0 aliphatic rings. The zero-order valence-corrected chi connectivity index (χ0v) is 12.8. The lowest BCUT2D eigenvalue weighted by atomic mass is 10.0. The highest BCUT2D eigenvalue weighted by Gasteiger charge is 2.29. The molecule has 0 saturated carbocycles. The Morgan fingerprint density at radius 2 is 2.11 bits per heavy atom. The second-order valence-electron chi connectivity index (χ2n) is 4.13. The van der Waals surface area contributed by atoms with E-state index in [9.17, 15) is 4.79 Å². The molecule has 0 bridgehead atoms. The molecular formula is C12H19BrN2O3. The summed E-state index contributed by atoms with van der Waals surface area (Å²) in [4.78, 5) is 19.0. The van der Waals surface area contributed by atoms with E-state index < -0.39 is 5.60 Å². The molecular weight excluding hydrogens is 300 g/mol. The number of halogens is 1. The highest BCUT2D eigenvalue weighted by molar-refractivity contribution is 9.10. The van der Waals surface area contributed by atoms with E-state index in [4.69, 9.17) is 9.47 Å². The molecule has 0 radical (unpaired) electrons. The molecule has 1 aromatic rings. The van der Waals surface area contributed by atoms with Gasteiger partial charge in [-0.25, -0.2) is 4.98 Å². The van der Waals surface area contributed by atoms with Crippen molar-refractivity contribution in [2.75, 3.05) is 13.7 Å². The minimum absolute atomic E-state index is 0.216. The monoisotopic (exact) mass is 318 g/mol. The average Bonchev–Trinajstić information content (AvgIpc) is 2.35.